The zero-order valence-electron chi connectivity index (χ0n) is 8.36. The smallest absolute Gasteiger partial charge is 0.160 e. The van der Waals surface area contributed by atoms with Gasteiger partial charge in [-0.1, -0.05) is 12.2 Å². The molecule has 0 heterocycles. The molecule has 0 aliphatic rings. The maximum absolute atomic E-state index is 9.99. The van der Waals surface area contributed by atoms with Crippen LogP contribution in [0.4, 0.5) is 0 Å². The lowest BCUT2D eigenvalue weighted by Crippen LogP contribution is -2.16. The Morgan fingerprint density at radius 2 is 1.77 bits per heavy atom. The molecule has 13 heavy (non-hydrogen) atoms. The van der Waals surface area contributed by atoms with E-state index in [0.29, 0.717) is 26.1 Å². The lowest BCUT2D eigenvalue weighted by molar-refractivity contribution is -0.133. The van der Waals surface area contributed by atoms with Gasteiger partial charge in [-0.2, -0.15) is 0 Å². The molecule has 0 radical (unpaired) electrons. The van der Waals surface area contributed by atoms with Gasteiger partial charge in [0.15, 0.2) is 6.29 Å². The van der Waals surface area contributed by atoms with Crippen molar-refractivity contribution < 1.29 is 14.3 Å². The zero-order chi connectivity index (χ0) is 9.94. The van der Waals surface area contributed by atoms with E-state index >= 15 is 0 Å². The summed E-state index contributed by atoms with van der Waals surface area (Å²) in [5, 5.41) is 0. The maximum atomic E-state index is 9.99. The summed E-state index contributed by atoms with van der Waals surface area (Å²) in [5.41, 5.74) is 0. The van der Waals surface area contributed by atoms with E-state index in [2.05, 4.69) is 0 Å². The second kappa shape index (κ2) is 9.42. The molecule has 3 heteroatoms. The Bertz CT molecular complexity index is 137. The minimum absolute atomic E-state index is 0.169. The van der Waals surface area contributed by atoms with Gasteiger partial charge >= 0.3 is 0 Å². The van der Waals surface area contributed by atoms with Crippen LogP contribution in [0.25, 0.3) is 0 Å². The van der Waals surface area contributed by atoms with Crippen LogP contribution >= 0.6 is 0 Å². The Labute approximate surface area is 79.7 Å². The molecule has 0 rings (SSSR count). The summed E-state index contributed by atoms with van der Waals surface area (Å²) < 4.78 is 10.6. The molecule has 0 aromatic carbocycles. The molecular formula is C10H18O3. The van der Waals surface area contributed by atoms with Crippen molar-refractivity contribution >= 4 is 6.29 Å². The van der Waals surface area contributed by atoms with Gasteiger partial charge in [-0.05, 0) is 13.8 Å². The Kier molecular flexibility index (Phi) is 8.93. The normalized spacial score (nSPS) is 11.3. The highest BCUT2D eigenvalue weighted by Crippen LogP contribution is 2.02. The van der Waals surface area contributed by atoms with Crippen LogP contribution in [0.15, 0.2) is 12.2 Å². The Balaban J connectivity index is 3.60. The molecular weight excluding hydrogens is 168 g/mol. The molecule has 0 aromatic rings. The molecule has 0 saturated carbocycles. The summed E-state index contributed by atoms with van der Waals surface area (Å²) in [5.74, 6) is 0. The monoisotopic (exact) mass is 186 g/mol. The fraction of sp³-hybridized carbons (Fsp3) is 0.700. The number of aldehydes is 1. The number of hydrogen-bond donors (Lipinski definition) is 0. The fourth-order valence-electron chi connectivity index (χ4n) is 0.915. The SMILES string of the molecule is CCOC(C/C=C\CC=O)OCC. The quantitative estimate of drug-likeness (QED) is 0.330. The minimum Gasteiger partial charge on any atom is -0.353 e. The van der Waals surface area contributed by atoms with E-state index in [1.807, 2.05) is 26.0 Å². The van der Waals surface area contributed by atoms with Gasteiger partial charge in [0.25, 0.3) is 0 Å². The van der Waals surface area contributed by atoms with Gasteiger partial charge in [0.2, 0.25) is 0 Å². The van der Waals surface area contributed by atoms with E-state index in [0.717, 1.165) is 6.29 Å². The molecule has 76 valence electrons. The van der Waals surface area contributed by atoms with Crippen molar-refractivity contribution in [2.75, 3.05) is 13.2 Å². The van der Waals surface area contributed by atoms with Crippen LogP contribution in [0.3, 0.4) is 0 Å². The van der Waals surface area contributed by atoms with Gasteiger partial charge in [-0.15, -0.1) is 0 Å². The number of rotatable bonds is 8. The molecule has 0 spiro atoms. The molecule has 0 amide bonds. The van der Waals surface area contributed by atoms with E-state index in [1.54, 1.807) is 0 Å². The van der Waals surface area contributed by atoms with Crippen LogP contribution < -0.4 is 0 Å². The third-order valence-corrected chi connectivity index (χ3v) is 1.43. The summed E-state index contributed by atoms with van der Waals surface area (Å²) in [6.07, 6.45) is 5.59. The van der Waals surface area contributed by atoms with Crippen molar-refractivity contribution in [3.63, 3.8) is 0 Å². The molecule has 0 atom stereocenters. The third-order valence-electron chi connectivity index (χ3n) is 1.43. The molecule has 0 fully saturated rings. The van der Waals surface area contributed by atoms with Gasteiger partial charge in [-0.3, -0.25) is 0 Å². The van der Waals surface area contributed by atoms with Crippen molar-refractivity contribution in [3.8, 4) is 0 Å². The molecule has 0 unspecified atom stereocenters. The first-order chi connectivity index (χ1) is 6.35. The molecule has 3 nitrogen and oxygen atoms in total. The predicted octanol–water partition coefficient (Wildman–Crippen LogP) is 1.92. The summed E-state index contributed by atoms with van der Waals surface area (Å²) in [6, 6.07) is 0. The van der Waals surface area contributed by atoms with Crippen molar-refractivity contribution in [2.45, 2.75) is 33.0 Å². The van der Waals surface area contributed by atoms with Crippen LogP contribution in [-0.2, 0) is 14.3 Å². The maximum Gasteiger partial charge on any atom is 0.160 e. The standard InChI is InChI=1S/C10H18O3/c1-3-12-10(13-4-2)8-6-5-7-9-11/h5-6,9-10H,3-4,7-8H2,1-2H3/b6-5-. The third kappa shape index (κ3) is 7.68. The average molecular weight is 186 g/mol. The lowest BCUT2D eigenvalue weighted by Gasteiger charge is -2.14. The zero-order valence-corrected chi connectivity index (χ0v) is 8.36. The highest BCUT2D eigenvalue weighted by molar-refractivity contribution is 5.51. The van der Waals surface area contributed by atoms with Crippen LogP contribution in [0, 0.1) is 0 Å². The number of carbonyl (C=O) groups excluding carboxylic acids is 1. The topological polar surface area (TPSA) is 35.5 Å². The van der Waals surface area contributed by atoms with E-state index in [1.165, 1.54) is 0 Å². The van der Waals surface area contributed by atoms with Crippen LogP contribution in [0.1, 0.15) is 26.7 Å². The first-order valence-electron chi connectivity index (χ1n) is 4.66. The van der Waals surface area contributed by atoms with Gasteiger partial charge in [0.1, 0.15) is 6.29 Å². The number of hydrogen-bond acceptors (Lipinski definition) is 3. The summed E-state index contributed by atoms with van der Waals surface area (Å²) >= 11 is 0. The van der Waals surface area contributed by atoms with Crippen molar-refractivity contribution in [3.05, 3.63) is 12.2 Å². The summed E-state index contributed by atoms with van der Waals surface area (Å²) in [4.78, 5) is 9.99. The summed E-state index contributed by atoms with van der Waals surface area (Å²) in [7, 11) is 0. The van der Waals surface area contributed by atoms with Crippen molar-refractivity contribution in [1.29, 1.82) is 0 Å². The molecule has 0 aliphatic carbocycles. The molecule has 0 saturated heterocycles. The van der Waals surface area contributed by atoms with Gasteiger partial charge < -0.3 is 14.3 Å². The lowest BCUT2D eigenvalue weighted by atomic mass is 10.3. The Morgan fingerprint density at radius 3 is 2.23 bits per heavy atom. The largest absolute Gasteiger partial charge is 0.353 e. The van der Waals surface area contributed by atoms with Gasteiger partial charge in [0, 0.05) is 26.1 Å². The first-order valence-corrected chi connectivity index (χ1v) is 4.66. The number of ether oxygens (including phenoxy) is 2. The molecule has 0 aliphatic heterocycles. The van der Waals surface area contributed by atoms with E-state index < -0.39 is 0 Å². The van der Waals surface area contributed by atoms with E-state index in [9.17, 15) is 4.79 Å². The van der Waals surface area contributed by atoms with E-state index in [-0.39, 0.29) is 6.29 Å². The number of carbonyl (C=O) groups is 1. The summed E-state index contributed by atoms with van der Waals surface area (Å²) in [6.45, 7) is 5.15. The molecule has 0 aromatic heterocycles. The van der Waals surface area contributed by atoms with Crippen molar-refractivity contribution in [1.82, 2.24) is 0 Å². The number of allylic oxidation sites excluding steroid dienone is 1. The van der Waals surface area contributed by atoms with Crippen LogP contribution in [-0.4, -0.2) is 25.8 Å². The first kappa shape index (κ1) is 12.3. The molecule has 0 bridgehead atoms. The van der Waals surface area contributed by atoms with Gasteiger partial charge in [0.05, 0.1) is 0 Å². The van der Waals surface area contributed by atoms with Crippen molar-refractivity contribution in [2.24, 2.45) is 0 Å². The highest BCUT2D eigenvalue weighted by Gasteiger charge is 2.03. The van der Waals surface area contributed by atoms with E-state index in [4.69, 9.17) is 9.47 Å². The van der Waals surface area contributed by atoms with Crippen LogP contribution in [0.5, 0.6) is 0 Å². The fourth-order valence-corrected chi connectivity index (χ4v) is 0.915. The second-order valence-electron chi connectivity index (χ2n) is 2.45. The Hall–Kier alpha value is -0.670. The molecule has 0 N–H and O–H groups in total. The highest BCUT2D eigenvalue weighted by atomic mass is 16.7. The van der Waals surface area contributed by atoms with Crippen LogP contribution in [0.2, 0.25) is 0 Å². The predicted molar refractivity (Wildman–Crippen MR) is 51.5 cm³/mol. The Morgan fingerprint density at radius 1 is 1.15 bits per heavy atom. The second-order valence-corrected chi connectivity index (χ2v) is 2.45. The average Bonchev–Trinajstić information content (AvgIpc) is 2.13. The minimum atomic E-state index is -0.169. The van der Waals surface area contributed by atoms with Gasteiger partial charge in [-0.25, -0.2) is 0 Å².